The van der Waals surface area contributed by atoms with E-state index in [0.717, 1.165) is 29.5 Å². The maximum Gasteiger partial charge on any atom is 0.219 e. The smallest absolute Gasteiger partial charge is 0.219 e. The molecule has 2 aromatic carbocycles. The fourth-order valence-electron chi connectivity index (χ4n) is 4.56. The van der Waals surface area contributed by atoms with E-state index >= 15 is 0 Å². The lowest BCUT2D eigenvalue weighted by Crippen LogP contribution is -2.50. The summed E-state index contributed by atoms with van der Waals surface area (Å²) in [5.74, 6) is -0.259. The van der Waals surface area contributed by atoms with Crippen molar-refractivity contribution in [3.05, 3.63) is 69.7 Å². The molecule has 7 heteroatoms. The van der Waals surface area contributed by atoms with Gasteiger partial charge in [0.1, 0.15) is 12.2 Å². The number of hydrogen-bond acceptors (Lipinski definition) is 5. The molecule has 1 heterocycles. The maximum atomic E-state index is 11.9. The van der Waals surface area contributed by atoms with Gasteiger partial charge in [-0.1, -0.05) is 54.9 Å². The van der Waals surface area contributed by atoms with Gasteiger partial charge in [-0.3, -0.25) is 4.79 Å². The van der Waals surface area contributed by atoms with Crippen LogP contribution < -0.4 is 0 Å². The number of benzene rings is 2. The summed E-state index contributed by atoms with van der Waals surface area (Å²) in [5, 5.41) is 31.2. The van der Waals surface area contributed by atoms with Gasteiger partial charge in [-0.15, -0.1) is 0 Å². The van der Waals surface area contributed by atoms with Crippen LogP contribution >= 0.6 is 11.6 Å². The lowest BCUT2D eigenvalue weighted by atomic mass is 9.85. The lowest BCUT2D eigenvalue weighted by molar-refractivity contribution is -0.207. The molecule has 33 heavy (non-hydrogen) atoms. The molecule has 2 fully saturated rings. The normalized spacial score (nSPS) is 27.4. The Morgan fingerprint density at radius 3 is 2.36 bits per heavy atom. The summed E-state index contributed by atoms with van der Waals surface area (Å²) in [6.07, 6.45) is -0.611. The molecular weight excluding hydrogens is 442 g/mol. The second kappa shape index (κ2) is 10.1. The van der Waals surface area contributed by atoms with Crippen molar-refractivity contribution < 1.29 is 24.9 Å². The predicted octanol–water partition coefficient (Wildman–Crippen LogP) is 3.23. The minimum atomic E-state index is -1.09. The van der Waals surface area contributed by atoms with Gasteiger partial charge in [0.25, 0.3) is 0 Å². The topological polar surface area (TPSA) is 90.2 Å². The van der Waals surface area contributed by atoms with E-state index in [1.807, 2.05) is 35.2 Å². The highest BCUT2D eigenvalue weighted by Crippen LogP contribution is 2.36. The molecule has 1 amide bonds. The van der Waals surface area contributed by atoms with Crippen molar-refractivity contribution >= 4 is 17.5 Å². The molecule has 0 aromatic heterocycles. The van der Waals surface area contributed by atoms with E-state index in [0.29, 0.717) is 29.6 Å². The van der Waals surface area contributed by atoms with Crippen LogP contribution in [-0.4, -0.2) is 57.1 Å². The summed E-state index contributed by atoms with van der Waals surface area (Å²) >= 11 is 6.47. The number of aliphatic hydroxyl groups excluding tert-OH is 3. The van der Waals surface area contributed by atoms with Crippen molar-refractivity contribution in [2.75, 3.05) is 6.61 Å². The quantitative estimate of drug-likeness (QED) is 0.574. The van der Waals surface area contributed by atoms with Gasteiger partial charge >= 0.3 is 0 Å². The molecular formula is C26H32ClNO5. The Bertz CT molecular complexity index is 975. The third-order valence-corrected chi connectivity index (χ3v) is 7.22. The molecule has 0 radical (unpaired) electrons. The van der Waals surface area contributed by atoms with Crippen LogP contribution in [0.5, 0.6) is 0 Å². The number of amides is 1. The summed E-state index contributed by atoms with van der Waals surface area (Å²) in [4.78, 5) is 13.8. The number of aliphatic hydroxyl groups is 3. The van der Waals surface area contributed by atoms with Crippen LogP contribution in [0.1, 0.15) is 55.0 Å². The third-order valence-electron chi connectivity index (χ3n) is 6.85. The first kappa shape index (κ1) is 24.2. The van der Waals surface area contributed by atoms with Crippen LogP contribution in [0.2, 0.25) is 5.02 Å². The SMILES string of the molecule is CC(=O)N(Cc1ccc(Cc2cc([C@@H]3O[C@H](CO)[C@@H](C)[C@H](O)[C@H]3O)ccc2Cl)cc1)C1CC1. The van der Waals surface area contributed by atoms with E-state index < -0.39 is 24.4 Å². The zero-order valence-corrected chi connectivity index (χ0v) is 19.8. The average molecular weight is 474 g/mol. The van der Waals surface area contributed by atoms with Crippen molar-refractivity contribution in [3.63, 3.8) is 0 Å². The Labute approximate surface area is 199 Å². The maximum absolute atomic E-state index is 11.9. The van der Waals surface area contributed by atoms with E-state index in [2.05, 4.69) is 0 Å². The minimum Gasteiger partial charge on any atom is -0.394 e. The molecule has 1 saturated carbocycles. The van der Waals surface area contributed by atoms with Gasteiger partial charge in [0, 0.05) is 30.5 Å². The Morgan fingerprint density at radius 1 is 1.09 bits per heavy atom. The summed E-state index contributed by atoms with van der Waals surface area (Å²) in [7, 11) is 0. The first-order chi connectivity index (χ1) is 15.8. The van der Waals surface area contributed by atoms with Crippen molar-refractivity contribution in [1.29, 1.82) is 0 Å². The molecule has 0 spiro atoms. The van der Waals surface area contributed by atoms with E-state index in [4.69, 9.17) is 16.3 Å². The second-order valence-electron chi connectivity index (χ2n) is 9.34. The van der Waals surface area contributed by atoms with Crippen LogP contribution in [-0.2, 0) is 22.5 Å². The predicted molar refractivity (Wildman–Crippen MR) is 126 cm³/mol. The molecule has 5 atom stereocenters. The van der Waals surface area contributed by atoms with Gasteiger partial charge in [-0.05, 0) is 47.6 Å². The van der Waals surface area contributed by atoms with E-state index in [1.165, 1.54) is 0 Å². The minimum absolute atomic E-state index is 0.111. The van der Waals surface area contributed by atoms with Crippen LogP contribution in [0, 0.1) is 5.92 Å². The first-order valence-electron chi connectivity index (χ1n) is 11.5. The van der Waals surface area contributed by atoms with E-state index in [-0.39, 0.29) is 18.4 Å². The van der Waals surface area contributed by atoms with Gasteiger partial charge in [0.05, 0.1) is 18.8 Å². The zero-order valence-electron chi connectivity index (χ0n) is 19.0. The molecule has 1 aliphatic carbocycles. The number of nitrogens with zero attached hydrogens (tertiary/aromatic N) is 1. The second-order valence-corrected chi connectivity index (χ2v) is 9.75. The summed E-state index contributed by atoms with van der Waals surface area (Å²) in [6, 6.07) is 14.0. The standard InChI is InChI=1S/C26H32ClNO5/c1-15-23(14-29)33-26(25(32)24(15)31)19-7-10-22(27)20(12-19)11-17-3-5-18(6-4-17)13-28(16(2)30)21-8-9-21/h3-7,10,12,15,21,23-26,29,31-32H,8-9,11,13-14H2,1-2H3/t15-,23-,24+,25-,26+/m1/s1. The highest BCUT2D eigenvalue weighted by molar-refractivity contribution is 6.31. The molecule has 6 nitrogen and oxygen atoms in total. The number of carbonyl (C=O) groups excluding carboxylic acids is 1. The molecule has 2 aromatic rings. The molecule has 2 aliphatic rings. The van der Waals surface area contributed by atoms with E-state index in [9.17, 15) is 20.1 Å². The van der Waals surface area contributed by atoms with Crippen molar-refractivity contribution in [2.24, 2.45) is 5.92 Å². The highest BCUT2D eigenvalue weighted by atomic mass is 35.5. The van der Waals surface area contributed by atoms with Gasteiger partial charge in [0.2, 0.25) is 5.91 Å². The molecule has 1 saturated heterocycles. The number of rotatable bonds is 7. The molecule has 4 rings (SSSR count). The third kappa shape index (κ3) is 5.42. The van der Waals surface area contributed by atoms with Crippen LogP contribution in [0.15, 0.2) is 42.5 Å². The van der Waals surface area contributed by atoms with Crippen molar-refractivity contribution in [2.45, 2.75) is 70.1 Å². The Morgan fingerprint density at radius 2 is 1.76 bits per heavy atom. The van der Waals surface area contributed by atoms with Crippen LogP contribution in [0.3, 0.4) is 0 Å². The Balaban J connectivity index is 1.48. The summed E-state index contributed by atoms with van der Waals surface area (Å²) in [6.45, 7) is 3.77. The largest absolute Gasteiger partial charge is 0.394 e. The molecule has 0 unspecified atom stereocenters. The molecule has 178 valence electrons. The molecule has 0 bridgehead atoms. The zero-order chi connectivity index (χ0) is 23.7. The first-order valence-corrected chi connectivity index (χ1v) is 11.9. The van der Waals surface area contributed by atoms with Crippen LogP contribution in [0.25, 0.3) is 0 Å². The fourth-order valence-corrected chi connectivity index (χ4v) is 4.74. The Hall–Kier alpha value is -1.96. The van der Waals surface area contributed by atoms with E-state index in [1.54, 1.807) is 26.0 Å². The lowest BCUT2D eigenvalue weighted by Gasteiger charge is -2.41. The van der Waals surface area contributed by atoms with Crippen molar-refractivity contribution in [1.82, 2.24) is 4.90 Å². The summed E-state index contributed by atoms with van der Waals surface area (Å²) in [5.41, 5.74) is 3.77. The van der Waals surface area contributed by atoms with Gasteiger partial charge in [-0.2, -0.15) is 0 Å². The fraction of sp³-hybridized carbons (Fsp3) is 0.500. The Kier molecular flexibility index (Phi) is 7.41. The van der Waals surface area contributed by atoms with Gasteiger partial charge in [0.15, 0.2) is 0 Å². The highest BCUT2D eigenvalue weighted by Gasteiger charge is 2.42. The molecule has 1 aliphatic heterocycles. The number of halogens is 1. The van der Waals surface area contributed by atoms with Gasteiger partial charge < -0.3 is 25.0 Å². The molecule has 3 N–H and O–H groups in total. The monoisotopic (exact) mass is 473 g/mol. The van der Waals surface area contributed by atoms with Crippen molar-refractivity contribution in [3.8, 4) is 0 Å². The van der Waals surface area contributed by atoms with Crippen LogP contribution in [0.4, 0.5) is 0 Å². The average Bonchev–Trinajstić information content (AvgIpc) is 3.64. The number of ether oxygens (including phenoxy) is 1. The number of hydrogen-bond donors (Lipinski definition) is 3. The summed E-state index contributed by atoms with van der Waals surface area (Å²) < 4.78 is 5.92. The van der Waals surface area contributed by atoms with Gasteiger partial charge in [-0.25, -0.2) is 0 Å². The number of carbonyl (C=O) groups is 1.